The van der Waals surface area contributed by atoms with Crippen molar-refractivity contribution in [3.8, 4) is 0 Å². The number of alkyl halides is 29. The molecule has 1 unspecified atom stereocenters. The summed E-state index contributed by atoms with van der Waals surface area (Å²) in [4.78, 5) is 0. The van der Waals surface area contributed by atoms with Crippen LogP contribution in [0.5, 0.6) is 0 Å². The monoisotopic (exact) mass is 814 g/mol. The SMILES string of the molecule is OCC(F)(F)C(F)(F)C(F)(F)C(F)(F)C(F)(F)C(F)(F)C(F)(F)OC(F)(F)C(F)(F)OC(F)(F)C(F)(OC(F)(F)F)OC(F)(F)C(F)(F)F. The summed E-state index contributed by atoms with van der Waals surface area (Å²) in [6.07, 6.45) is -57.6. The van der Waals surface area contributed by atoms with Crippen LogP contribution >= 0.6 is 0 Å². The summed E-state index contributed by atoms with van der Waals surface area (Å²) >= 11 is 0. The Morgan fingerprint density at radius 2 is 0.612 bits per heavy atom. The molecule has 49 heavy (non-hydrogen) atoms. The van der Waals surface area contributed by atoms with E-state index in [1.807, 2.05) is 0 Å². The highest BCUT2D eigenvalue weighted by Gasteiger charge is 2.94. The highest BCUT2D eigenvalue weighted by molar-refractivity contribution is 5.13. The van der Waals surface area contributed by atoms with Crippen molar-refractivity contribution in [2.45, 2.75) is 84.7 Å². The first-order valence-electron chi connectivity index (χ1n) is 10.0. The molecule has 0 saturated heterocycles. The van der Waals surface area contributed by atoms with Gasteiger partial charge in [-0.1, -0.05) is 0 Å². The van der Waals surface area contributed by atoms with E-state index in [1.54, 1.807) is 0 Å². The van der Waals surface area contributed by atoms with Gasteiger partial charge in [0.1, 0.15) is 6.61 Å². The second kappa shape index (κ2) is 12.2. The Morgan fingerprint density at radius 1 is 0.306 bits per heavy atom. The number of hydrogen-bond donors (Lipinski definition) is 1. The summed E-state index contributed by atoms with van der Waals surface area (Å²) in [6.45, 7) is -3.77. The van der Waals surface area contributed by atoms with Crippen molar-refractivity contribution in [3.05, 3.63) is 0 Å². The smallest absolute Gasteiger partial charge is 0.390 e. The average Bonchev–Trinajstić information content (AvgIpc) is 2.79. The molecule has 0 aromatic carbocycles. The van der Waals surface area contributed by atoms with Crippen molar-refractivity contribution in [2.24, 2.45) is 0 Å². The first-order chi connectivity index (χ1) is 20.6. The Hall–Kier alpha value is -2.23. The van der Waals surface area contributed by atoms with Crippen LogP contribution in [0.2, 0.25) is 0 Å². The van der Waals surface area contributed by atoms with Crippen molar-refractivity contribution >= 4 is 0 Å². The molecule has 0 aromatic rings. The maximum Gasteiger partial charge on any atom is 0.527 e. The fraction of sp³-hybridized carbons (Fsp3) is 1.00. The molecule has 0 rings (SSSR count). The van der Waals surface area contributed by atoms with Crippen LogP contribution in [0.25, 0.3) is 0 Å². The zero-order chi connectivity index (χ0) is 40.5. The molecular formula is C15H3F29O5. The van der Waals surface area contributed by atoms with Crippen LogP contribution in [0, 0.1) is 0 Å². The fourth-order valence-corrected chi connectivity index (χ4v) is 2.18. The minimum atomic E-state index is -9.30. The quantitative estimate of drug-likeness (QED) is 0.125. The summed E-state index contributed by atoms with van der Waals surface area (Å²) < 4.78 is 385. The number of ether oxygens (including phenoxy) is 4. The Kier molecular flexibility index (Phi) is 11.6. The van der Waals surface area contributed by atoms with E-state index in [4.69, 9.17) is 5.11 Å². The number of hydrogen-bond acceptors (Lipinski definition) is 5. The van der Waals surface area contributed by atoms with E-state index in [1.165, 1.54) is 9.47 Å². The van der Waals surface area contributed by atoms with Crippen molar-refractivity contribution in [3.63, 3.8) is 0 Å². The maximum atomic E-state index is 13.9. The molecule has 0 spiro atoms. The lowest BCUT2D eigenvalue weighted by Gasteiger charge is -2.42. The van der Waals surface area contributed by atoms with Crippen molar-refractivity contribution in [2.75, 3.05) is 6.61 Å². The van der Waals surface area contributed by atoms with Crippen LogP contribution in [0.1, 0.15) is 0 Å². The summed E-state index contributed by atoms with van der Waals surface area (Å²) in [5, 5.41) is 7.85. The van der Waals surface area contributed by atoms with Gasteiger partial charge in [-0.05, 0) is 0 Å². The number of aliphatic hydroxyl groups excluding tert-OH is 1. The number of rotatable bonds is 16. The minimum absolute atomic E-state index is 0.824. The number of halogens is 29. The molecule has 0 amide bonds. The van der Waals surface area contributed by atoms with Gasteiger partial charge in [-0.15, -0.1) is 13.2 Å². The van der Waals surface area contributed by atoms with E-state index in [2.05, 4.69) is 0 Å². The highest BCUT2D eigenvalue weighted by Crippen LogP contribution is 2.63. The van der Waals surface area contributed by atoms with Gasteiger partial charge in [0.15, 0.2) is 0 Å². The Balaban J connectivity index is 7.00. The molecule has 34 heteroatoms. The molecule has 0 bridgehead atoms. The van der Waals surface area contributed by atoms with Crippen LogP contribution in [0.4, 0.5) is 127 Å². The van der Waals surface area contributed by atoms with Crippen molar-refractivity contribution < 1.29 is 151 Å². The molecule has 1 N–H and O–H groups in total. The van der Waals surface area contributed by atoms with Gasteiger partial charge in [0.2, 0.25) is 0 Å². The molecule has 0 aliphatic heterocycles. The summed E-state index contributed by atoms with van der Waals surface area (Å²) in [6, 6.07) is -8.10. The molecular weight excluding hydrogens is 811 g/mol. The highest BCUT2D eigenvalue weighted by atomic mass is 19.4. The van der Waals surface area contributed by atoms with Crippen LogP contribution in [-0.4, -0.2) is 96.4 Å². The van der Waals surface area contributed by atoms with E-state index >= 15 is 0 Å². The van der Waals surface area contributed by atoms with E-state index in [9.17, 15) is 127 Å². The predicted octanol–water partition coefficient (Wildman–Crippen LogP) is 8.53. The van der Waals surface area contributed by atoms with Crippen molar-refractivity contribution in [1.82, 2.24) is 0 Å². The van der Waals surface area contributed by atoms with Crippen LogP contribution in [0.3, 0.4) is 0 Å². The van der Waals surface area contributed by atoms with Gasteiger partial charge in [0.25, 0.3) is 0 Å². The van der Waals surface area contributed by atoms with Crippen LogP contribution < -0.4 is 0 Å². The molecule has 296 valence electrons. The van der Waals surface area contributed by atoms with Crippen LogP contribution in [-0.2, 0) is 18.9 Å². The van der Waals surface area contributed by atoms with Gasteiger partial charge < -0.3 is 5.11 Å². The maximum absolute atomic E-state index is 13.9. The van der Waals surface area contributed by atoms with Crippen molar-refractivity contribution in [1.29, 1.82) is 0 Å². The van der Waals surface area contributed by atoms with Gasteiger partial charge in [-0.25, -0.2) is 18.9 Å². The van der Waals surface area contributed by atoms with Gasteiger partial charge in [0, 0.05) is 0 Å². The largest absolute Gasteiger partial charge is 0.527 e. The molecule has 0 saturated carbocycles. The average molecular weight is 814 g/mol. The van der Waals surface area contributed by atoms with Gasteiger partial charge in [-0.3, -0.25) is 0 Å². The van der Waals surface area contributed by atoms with E-state index in [0.29, 0.717) is 0 Å². The third kappa shape index (κ3) is 7.84. The van der Waals surface area contributed by atoms with Gasteiger partial charge in [0.05, 0.1) is 0 Å². The normalized spacial score (nSPS) is 17.8. The molecule has 0 aliphatic rings. The minimum Gasteiger partial charge on any atom is -0.390 e. The third-order valence-electron chi connectivity index (χ3n) is 4.64. The standard InChI is InChI=1S/C15H3F29O5/c16-2(17,1-45)3(18,19)4(20,21)5(22,23)6(24,25)7(26,27)9(31,32)46-11(35,36)12(37,38)47-13(39,40)14(41,49-15(42,43)44)48-10(33,34)8(28,29)30/h45H,1H2. The molecule has 0 aliphatic carbocycles. The Labute approximate surface area is 244 Å². The molecule has 0 heterocycles. The predicted molar refractivity (Wildman–Crippen MR) is 81.8 cm³/mol. The third-order valence-corrected chi connectivity index (χ3v) is 4.64. The van der Waals surface area contributed by atoms with E-state index in [-0.39, 0.29) is 0 Å². The first-order valence-corrected chi connectivity index (χ1v) is 10.0. The zero-order valence-corrected chi connectivity index (χ0v) is 20.7. The first kappa shape index (κ1) is 46.8. The van der Waals surface area contributed by atoms with E-state index in [0.717, 1.165) is 9.47 Å². The molecule has 0 aromatic heterocycles. The second-order valence-corrected chi connectivity index (χ2v) is 8.21. The number of aliphatic hydroxyl groups is 1. The lowest BCUT2D eigenvalue weighted by molar-refractivity contribution is -0.610. The molecule has 0 radical (unpaired) electrons. The molecule has 5 nitrogen and oxygen atoms in total. The Morgan fingerprint density at radius 3 is 0.918 bits per heavy atom. The lowest BCUT2D eigenvalue weighted by atomic mass is 9.91. The summed E-state index contributed by atoms with van der Waals surface area (Å²) in [7, 11) is 0. The van der Waals surface area contributed by atoms with Gasteiger partial charge >= 0.3 is 84.7 Å². The summed E-state index contributed by atoms with van der Waals surface area (Å²) in [5.41, 5.74) is 0. The molecule has 0 fully saturated rings. The fourth-order valence-electron chi connectivity index (χ4n) is 2.18. The van der Waals surface area contributed by atoms with Gasteiger partial charge in [-0.2, -0.15) is 114 Å². The lowest BCUT2D eigenvalue weighted by Crippen LogP contribution is -2.74. The topological polar surface area (TPSA) is 57.2 Å². The van der Waals surface area contributed by atoms with Crippen LogP contribution in [0.15, 0.2) is 0 Å². The molecule has 1 atom stereocenters. The zero-order valence-electron chi connectivity index (χ0n) is 20.7. The summed E-state index contributed by atoms with van der Waals surface area (Å²) in [5.74, 6) is -51.9. The Bertz CT molecular complexity index is 1150. The second-order valence-electron chi connectivity index (χ2n) is 8.21. The van der Waals surface area contributed by atoms with E-state index < -0.39 is 91.3 Å².